The minimum absolute atomic E-state index is 0.470. The molecule has 1 unspecified atom stereocenters. The van der Waals surface area contributed by atoms with E-state index in [1.165, 1.54) is 11.3 Å². The van der Waals surface area contributed by atoms with Crippen molar-refractivity contribution in [1.29, 1.82) is 0 Å². The van der Waals surface area contributed by atoms with E-state index in [1.807, 2.05) is 11.8 Å². The van der Waals surface area contributed by atoms with E-state index >= 15 is 0 Å². The van der Waals surface area contributed by atoms with Crippen molar-refractivity contribution in [1.82, 2.24) is 10.2 Å². The van der Waals surface area contributed by atoms with Crippen LogP contribution in [0.15, 0.2) is 5.51 Å². The lowest BCUT2D eigenvalue weighted by Crippen LogP contribution is -2.17. The van der Waals surface area contributed by atoms with E-state index in [9.17, 15) is 0 Å². The van der Waals surface area contributed by atoms with Crippen LogP contribution in [-0.2, 0) is 0 Å². The summed E-state index contributed by atoms with van der Waals surface area (Å²) in [5.74, 6) is 1.10. The summed E-state index contributed by atoms with van der Waals surface area (Å²) in [4.78, 5) is 0. The molecular formula is C6H11N3S2. The van der Waals surface area contributed by atoms with Gasteiger partial charge in [0, 0.05) is 11.8 Å². The molecule has 1 aromatic rings. The Balaban J connectivity index is 2.31. The molecule has 1 aromatic heterocycles. The molecule has 0 saturated heterocycles. The maximum Gasteiger partial charge on any atom is 0.205 e. The molecular weight excluding hydrogens is 178 g/mol. The highest BCUT2D eigenvalue weighted by atomic mass is 32.2. The van der Waals surface area contributed by atoms with E-state index < -0.39 is 0 Å². The fourth-order valence-corrected chi connectivity index (χ4v) is 1.88. The van der Waals surface area contributed by atoms with Crippen LogP contribution in [0, 0.1) is 0 Å². The van der Waals surface area contributed by atoms with Crippen molar-refractivity contribution in [2.75, 3.05) is 17.3 Å². The third kappa shape index (κ3) is 3.07. The number of hydrogen-bond acceptors (Lipinski definition) is 5. The normalized spacial score (nSPS) is 12.9. The zero-order valence-electron chi connectivity index (χ0n) is 6.57. The highest BCUT2D eigenvalue weighted by Gasteiger charge is 2.01. The topological polar surface area (TPSA) is 37.8 Å². The standard InChI is InChI=1S/C6H11N3S2/c1-5(3-10-2)8-6-9-7-4-11-6/h4-5H,3H2,1-2H3,(H,8,9). The summed E-state index contributed by atoms with van der Waals surface area (Å²) >= 11 is 3.36. The van der Waals surface area contributed by atoms with E-state index in [1.54, 1.807) is 5.51 Å². The van der Waals surface area contributed by atoms with Crippen molar-refractivity contribution in [3.63, 3.8) is 0 Å². The summed E-state index contributed by atoms with van der Waals surface area (Å²) in [5.41, 5.74) is 1.73. The number of nitrogens with zero attached hydrogens (tertiary/aromatic N) is 2. The van der Waals surface area contributed by atoms with Gasteiger partial charge in [0.2, 0.25) is 5.13 Å². The average Bonchev–Trinajstić information content (AvgIpc) is 2.40. The van der Waals surface area contributed by atoms with Gasteiger partial charge in [-0.2, -0.15) is 11.8 Å². The number of anilines is 1. The predicted octanol–water partition coefficient (Wildman–Crippen LogP) is 1.70. The van der Waals surface area contributed by atoms with Crippen LogP contribution in [0.3, 0.4) is 0 Å². The summed E-state index contributed by atoms with van der Waals surface area (Å²) in [6.45, 7) is 2.14. The van der Waals surface area contributed by atoms with E-state index in [2.05, 4.69) is 28.7 Å². The van der Waals surface area contributed by atoms with Gasteiger partial charge in [-0.1, -0.05) is 11.3 Å². The lowest BCUT2D eigenvalue weighted by atomic mass is 10.4. The minimum Gasteiger partial charge on any atom is -0.357 e. The Morgan fingerprint density at radius 2 is 2.64 bits per heavy atom. The van der Waals surface area contributed by atoms with E-state index in [0.717, 1.165) is 10.9 Å². The van der Waals surface area contributed by atoms with Gasteiger partial charge in [-0.05, 0) is 13.2 Å². The summed E-state index contributed by atoms with van der Waals surface area (Å²) in [7, 11) is 0. The molecule has 1 N–H and O–H groups in total. The molecule has 0 aliphatic rings. The number of hydrogen-bond donors (Lipinski definition) is 1. The molecule has 62 valence electrons. The smallest absolute Gasteiger partial charge is 0.205 e. The van der Waals surface area contributed by atoms with E-state index in [-0.39, 0.29) is 0 Å². The van der Waals surface area contributed by atoms with Crippen molar-refractivity contribution in [3.8, 4) is 0 Å². The van der Waals surface area contributed by atoms with Gasteiger partial charge in [0.05, 0.1) is 0 Å². The Morgan fingerprint density at radius 3 is 3.18 bits per heavy atom. The molecule has 0 aliphatic heterocycles. The van der Waals surface area contributed by atoms with Crippen molar-refractivity contribution in [3.05, 3.63) is 5.51 Å². The first-order valence-corrected chi connectivity index (χ1v) is 5.62. The molecule has 1 atom stereocenters. The first-order chi connectivity index (χ1) is 5.33. The summed E-state index contributed by atoms with van der Waals surface area (Å²) in [6.07, 6.45) is 2.10. The molecule has 0 amide bonds. The van der Waals surface area contributed by atoms with Crippen molar-refractivity contribution in [2.24, 2.45) is 0 Å². The Morgan fingerprint density at radius 1 is 1.82 bits per heavy atom. The second-order valence-corrected chi connectivity index (χ2v) is 3.99. The third-order valence-corrected chi connectivity index (χ3v) is 2.60. The van der Waals surface area contributed by atoms with Gasteiger partial charge in [0.1, 0.15) is 5.51 Å². The molecule has 11 heavy (non-hydrogen) atoms. The molecule has 0 aromatic carbocycles. The van der Waals surface area contributed by atoms with Gasteiger partial charge < -0.3 is 5.32 Å². The van der Waals surface area contributed by atoms with Crippen molar-refractivity contribution < 1.29 is 0 Å². The van der Waals surface area contributed by atoms with Crippen LogP contribution >= 0.6 is 23.1 Å². The Hall–Kier alpha value is -0.290. The fraction of sp³-hybridized carbons (Fsp3) is 0.667. The largest absolute Gasteiger partial charge is 0.357 e. The molecule has 0 fully saturated rings. The zero-order chi connectivity index (χ0) is 8.10. The maximum absolute atomic E-state index is 3.89. The lowest BCUT2D eigenvalue weighted by Gasteiger charge is -2.09. The molecule has 0 spiro atoms. The molecule has 0 saturated carbocycles. The number of aromatic nitrogens is 2. The van der Waals surface area contributed by atoms with Crippen LogP contribution in [0.5, 0.6) is 0 Å². The second kappa shape index (κ2) is 4.56. The molecule has 1 rings (SSSR count). The second-order valence-electron chi connectivity index (χ2n) is 2.24. The SMILES string of the molecule is CSCC(C)Nc1nncs1. The summed E-state index contributed by atoms with van der Waals surface area (Å²) in [5, 5.41) is 11.8. The summed E-state index contributed by atoms with van der Waals surface area (Å²) in [6, 6.07) is 0.470. The monoisotopic (exact) mass is 189 g/mol. The molecule has 5 heteroatoms. The van der Waals surface area contributed by atoms with Crippen LogP contribution in [0.4, 0.5) is 5.13 Å². The van der Waals surface area contributed by atoms with Gasteiger partial charge in [0.15, 0.2) is 0 Å². The van der Waals surface area contributed by atoms with E-state index in [0.29, 0.717) is 6.04 Å². The van der Waals surface area contributed by atoms with Crippen LogP contribution in [0.25, 0.3) is 0 Å². The minimum atomic E-state index is 0.470. The van der Waals surface area contributed by atoms with E-state index in [4.69, 9.17) is 0 Å². The van der Waals surface area contributed by atoms with Gasteiger partial charge in [0.25, 0.3) is 0 Å². The van der Waals surface area contributed by atoms with Gasteiger partial charge in [-0.25, -0.2) is 0 Å². The van der Waals surface area contributed by atoms with Gasteiger partial charge in [-0.15, -0.1) is 10.2 Å². The first kappa shape index (κ1) is 8.80. The summed E-state index contributed by atoms with van der Waals surface area (Å²) < 4.78 is 0. The Kier molecular flexibility index (Phi) is 3.65. The van der Waals surface area contributed by atoms with Gasteiger partial charge in [-0.3, -0.25) is 0 Å². The van der Waals surface area contributed by atoms with Crippen LogP contribution < -0.4 is 5.32 Å². The van der Waals surface area contributed by atoms with Crippen LogP contribution in [0.1, 0.15) is 6.92 Å². The van der Waals surface area contributed by atoms with Crippen molar-refractivity contribution >= 4 is 28.2 Å². The predicted molar refractivity (Wildman–Crippen MR) is 51.4 cm³/mol. The average molecular weight is 189 g/mol. The fourth-order valence-electron chi connectivity index (χ4n) is 0.738. The zero-order valence-corrected chi connectivity index (χ0v) is 8.21. The molecule has 3 nitrogen and oxygen atoms in total. The quantitative estimate of drug-likeness (QED) is 0.782. The third-order valence-electron chi connectivity index (χ3n) is 1.15. The van der Waals surface area contributed by atoms with Crippen LogP contribution in [-0.4, -0.2) is 28.2 Å². The Labute approximate surface area is 74.6 Å². The molecule has 0 bridgehead atoms. The molecule has 0 aliphatic carbocycles. The highest BCUT2D eigenvalue weighted by Crippen LogP contribution is 2.10. The van der Waals surface area contributed by atoms with Gasteiger partial charge >= 0.3 is 0 Å². The Bertz CT molecular complexity index is 188. The number of thioether (sulfide) groups is 1. The number of nitrogens with one attached hydrogen (secondary N) is 1. The molecule has 0 radical (unpaired) electrons. The highest BCUT2D eigenvalue weighted by molar-refractivity contribution is 7.98. The maximum atomic E-state index is 3.89. The first-order valence-electron chi connectivity index (χ1n) is 3.34. The van der Waals surface area contributed by atoms with Crippen LogP contribution in [0.2, 0.25) is 0 Å². The van der Waals surface area contributed by atoms with Crippen molar-refractivity contribution in [2.45, 2.75) is 13.0 Å². The molecule has 1 heterocycles. The number of rotatable bonds is 4. The lowest BCUT2D eigenvalue weighted by molar-refractivity contribution is 0.901.